The number of amides is 3. The van der Waals surface area contributed by atoms with Gasteiger partial charge in [-0.3, -0.25) is 14.4 Å². The lowest BCUT2D eigenvalue weighted by Gasteiger charge is -2.25. The standard InChI is InChI=1S/C28H35N5O6S/c1-15(2)24(28(38)39)33-26(36)22(11-16-7-9-18(34)10-8-16)31-27(37)23(14-40)32-25(35)20(29)12-17-13-30-21-6-4-3-5-19(17)21/h3-10,13,15,20,22-24,30,34,40H,11-12,14,29H2,1-2H3,(H,31,37)(H,32,35)(H,33,36)(H,38,39). The summed E-state index contributed by atoms with van der Waals surface area (Å²) in [6.07, 6.45) is 2.03. The minimum Gasteiger partial charge on any atom is -0.508 e. The van der Waals surface area contributed by atoms with Crippen molar-refractivity contribution in [3.63, 3.8) is 0 Å². The number of aliphatic carboxylic acids is 1. The minimum absolute atomic E-state index is 0.00953. The molecule has 4 unspecified atom stereocenters. The number of para-hydroxylation sites is 1. The van der Waals surface area contributed by atoms with Gasteiger partial charge in [0.15, 0.2) is 0 Å². The van der Waals surface area contributed by atoms with Crippen molar-refractivity contribution < 1.29 is 29.4 Å². The summed E-state index contributed by atoms with van der Waals surface area (Å²) in [7, 11) is 0. The Morgan fingerprint density at radius 1 is 0.900 bits per heavy atom. The van der Waals surface area contributed by atoms with Crippen LogP contribution >= 0.6 is 12.6 Å². The number of carboxylic acid groups (broad SMARTS) is 1. The Bertz CT molecular complexity index is 1340. The number of carboxylic acids is 1. The maximum atomic E-state index is 13.2. The fraction of sp³-hybridized carbons (Fsp3) is 0.357. The van der Waals surface area contributed by atoms with E-state index in [0.29, 0.717) is 5.56 Å². The Labute approximate surface area is 237 Å². The summed E-state index contributed by atoms with van der Waals surface area (Å²) in [4.78, 5) is 54.0. The van der Waals surface area contributed by atoms with E-state index in [1.54, 1.807) is 32.2 Å². The smallest absolute Gasteiger partial charge is 0.326 e. The first-order valence-corrected chi connectivity index (χ1v) is 13.5. The first-order chi connectivity index (χ1) is 19.0. The van der Waals surface area contributed by atoms with Crippen molar-refractivity contribution in [3.05, 3.63) is 65.9 Å². The van der Waals surface area contributed by atoms with E-state index in [4.69, 9.17) is 5.73 Å². The summed E-state index contributed by atoms with van der Waals surface area (Å²) in [6.45, 7) is 3.30. The molecule has 0 aliphatic heterocycles. The molecular formula is C28H35N5O6S. The largest absolute Gasteiger partial charge is 0.508 e. The molecular weight excluding hydrogens is 534 g/mol. The molecule has 0 fully saturated rings. The number of thiol groups is 1. The van der Waals surface area contributed by atoms with E-state index in [2.05, 4.69) is 33.6 Å². The second-order valence-electron chi connectivity index (χ2n) is 9.91. The van der Waals surface area contributed by atoms with Gasteiger partial charge in [-0.05, 0) is 41.7 Å². The second kappa shape index (κ2) is 13.9. The zero-order valence-corrected chi connectivity index (χ0v) is 23.2. The van der Waals surface area contributed by atoms with E-state index in [1.807, 2.05) is 24.3 Å². The number of nitrogens with two attached hydrogens (primary N) is 1. The van der Waals surface area contributed by atoms with Crippen LogP contribution in [0.4, 0.5) is 0 Å². The number of fused-ring (bicyclic) bond motifs is 1. The summed E-state index contributed by atoms with van der Waals surface area (Å²) < 4.78 is 0. The average Bonchev–Trinajstić information content (AvgIpc) is 3.32. The molecule has 40 heavy (non-hydrogen) atoms. The van der Waals surface area contributed by atoms with Gasteiger partial charge in [0.1, 0.15) is 23.9 Å². The lowest BCUT2D eigenvalue weighted by Crippen LogP contribution is -2.58. The third-order valence-corrected chi connectivity index (χ3v) is 6.87. The van der Waals surface area contributed by atoms with Gasteiger partial charge in [-0.2, -0.15) is 12.6 Å². The molecule has 3 amide bonds. The second-order valence-corrected chi connectivity index (χ2v) is 10.3. The minimum atomic E-state index is -1.21. The first-order valence-electron chi connectivity index (χ1n) is 12.8. The lowest BCUT2D eigenvalue weighted by atomic mass is 10.0. The molecule has 8 N–H and O–H groups in total. The summed E-state index contributed by atoms with van der Waals surface area (Å²) >= 11 is 4.20. The molecule has 12 heteroatoms. The Kier molecular flexibility index (Phi) is 10.6. The van der Waals surface area contributed by atoms with Crippen LogP contribution in [0.5, 0.6) is 5.75 Å². The van der Waals surface area contributed by atoms with Crippen molar-refractivity contribution in [1.82, 2.24) is 20.9 Å². The third kappa shape index (κ3) is 7.99. The summed E-state index contributed by atoms with van der Waals surface area (Å²) in [5.41, 5.74) is 8.54. The van der Waals surface area contributed by atoms with Gasteiger partial charge in [0, 0.05) is 29.3 Å². The van der Waals surface area contributed by atoms with Crippen LogP contribution in [0.2, 0.25) is 0 Å². The number of hydrogen-bond donors (Lipinski definition) is 8. The van der Waals surface area contributed by atoms with Gasteiger partial charge in [-0.25, -0.2) is 4.79 Å². The van der Waals surface area contributed by atoms with E-state index in [9.17, 15) is 29.4 Å². The van der Waals surface area contributed by atoms with Crippen molar-refractivity contribution in [2.75, 3.05) is 5.75 Å². The van der Waals surface area contributed by atoms with Crippen molar-refractivity contribution in [3.8, 4) is 5.75 Å². The molecule has 4 atom stereocenters. The summed E-state index contributed by atoms with van der Waals surface area (Å²) in [5, 5.41) is 27.7. The van der Waals surface area contributed by atoms with Crippen molar-refractivity contribution in [2.45, 2.75) is 50.9 Å². The molecule has 3 rings (SSSR count). The van der Waals surface area contributed by atoms with Gasteiger partial charge in [0.05, 0.1) is 6.04 Å². The van der Waals surface area contributed by atoms with Crippen LogP contribution in [0, 0.1) is 5.92 Å². The van der Waals surface area contributed by atoms with Crippen LogP contribution in [-0.2, 0) is 32.0 Å². The van der Waals surface area contributed by atoms with Gasteiger partial charge < -0.3 is 36.9 Å². The molecule has 0 spiro atoms. The Morgan fingerprint density at radius 3 is 2.15 bits per heavy atom. The quantitative estimate of drug-likeness (QED) is 0.142. The number of H-pyrrole nitrogens is 1. The van der Waals surface area contributed by atoms with E-state index < -0.39 is 53.8 Å². The molecule has 1 aromatic heterocycles. The van der Waals surface area contributed by atoms with E-state index in [0.717, 1.165) is 16.5 Å². The number of carbonyl (C=O) groups is 4. The van der Waals surface area contributed by atoms with Crippen LogP contribution in [0.25, 0.3) is 10.9 Å². The number of aromatic nitrogens is 1. The van der Waals surface area contributed by atoms with E-state index in [-0.39, 0.29) is 24.3 Å². The molecule has 11 nitrogen and oxygen atoms in total. The predicted octanol–water partition coefficient (Wildman–Crippen LogP) is 1.11. The number of rotatable bonds is 13. The highest BCUT2D eigenvalue weighted by atomic mass is 32.1. The van der Waals surface area contributed by atoms with Crippen molar-refractivity contribution in [2.24, 2.45) is 11.7 Å². The maximum absolute atomic E-state index is 13.2. The Morgan fingerprint density at radius 2 is 1.52 bits per heavy atom. The number of phenols is 1. The SMILES string of the molecule is CC(C)C(NC(=O)C(Cc1ccc(O)cc1)NC(=O)C(CS)NC(=O)C(N)Cc1c[nH]c2ccccc12)C(=O)O. The van der Waals surface area contributed by atoms with Crippen molar-refractivity contribution >= 4 is 47.2 Å². The van der Waals surface area contributed by atoms with Gasteiger partial charge >= 0.3 is 5.97 Å². The Hall–Kier alpha value is -4.03. The first kappa shape index (κ1) is 30.5. The molecule has 0 aliphatic carbocycles. The van der Waals surface area contributed by atoms with Gasteiger partial charge in [0.25, 0.3) is 0 Å². The van der Waals surface area contributed by atoms with Gasteiger partial charge in [-0.1, -0.05) is 44.2 Å². The highest BCUT2D eigenvalue weighted by Gasteiger charge is 2.31. The summed E-state index contributed by atoms with van der Waals surface area (Å²) in [6, 6.07) is 9.25. The molecule has 0 saturated carbocycles. The van der Waals surface area contributed by atoms with Crippen LogP contribution in [0.3, 0.4) is 0 Å². The number of carbonyl (C=O) groups excluding carboxylic acids is 3. The van der Waals surface area contributed by atoms with E-state index in [1.165, 1.54) is 12.1 Å². The fourth-order valence-electron chi connectivity index (χ4n) is 4.22. The number of phenolic OH excluding ortho intramolecular Hbond substituents is 1. The molecule has 0 bridgehead atoms. The van der Waals surface area contributed by atoms with Gasteiger partial charge in [-0.15, -0.1) is 0 Å². The third-order valence-electron chi connectivity index (χ3n) is 6.51. The molecule has 214 valence electrons. The Balaban J connectivity index is 1.71. The molecule has 2 aromatic carbocycles. The molecule has 0 aliphatic rings. The predicted molar refractivity (Wildman–Crippen MR) is 154 cm³/mol. The van der Waals surface area contributed by atoms with Crippen LogP contribution in [0.15, 0.2) is 54.7 Å². The lowest BCUT2D eigenvalue weighted by molar-refractivity contribution is -0.143. The average molecular weight is 570 g/mol. The summed E-state index contributed by atoms with van der Waals surface area (Å²) in [5.74, 6) is -3.61. The number of aromatic amines is 1. The van der Waals surface area contributed by atoms with E-state index >= 15 is 0 Å². The topological polar surface area (TPSA) is 187 Å². The normalized spacial score (nSPS) is 14.2. The fourth-order valence-corrected chi connectivity index (χ4v) is 4.48. The highest BCUT2D eigenvalue weighted by molar-refractivity contribution is 7.80. The van der Waals surface area contributed by atoms with Crippen LogP contribution in [0.1, 0.15) is 25.0 Å². The zero-order valence-electron chi connectivity index (χ0n) is 22.3. The molecule has 3 aromatic rings. The molecule has 0 saturated heterocycles. The van der Waals surface area contributed by atoms with Crippen LogP contribution < -0.4 is 21.7 Å². The van der Waals surface area contributed by atoms with Crippen LogP contribution in [-0.4, -0.2) is 68.8 Å². The number of benzene rings is 2. The molecule has 1 heterocycles. The van der Waals surface area contributed by atoms with Gasteiger partial charge in [0.2, 0.25) is 17.7 Å². The highest BCUT2D eigenvalue weighted by Crippen LogP contribution is 2.19. The maximum Gasteiger partial charge on any atom is 0.326 e. The number of nitrogens with one attached hydrogen (secondary N) is 4. The number of hydrogen-bond acceptors (Lipinski definition) is 7. The number of aromatic hydroxyl groups is 1. The van der Waals surface area contributed by atoms with Crippen molar-refractivity contribution in [1.29, 1.82) is 0 Å². The molecule has 0 radical (unpaired) electrons. The monoisotopic (exact) mass is 569 g/mol. The zero-order chi connectivity index (χ0) is 29.4.